The molecule has 1 aliphatic heterocycles. The Kier molecular flexibility index (Phi) is 5.38. The second kappa shape index (κ2) is 8.32. The summed E-state index contributed by atoms with van der Waals surface area (Å²) in [5, 5.41) is 6.88. The summed E-state index contributed by atoms with van der Waals surface area (Å²) in [5.74, 6) is 0.0708. The molecule has 0 saturated carbocycles. The Bertz CT molecular complexity index is 1220. The highest BCUT2D eigenvalue weighted by Gasteiger charge is 2.20. The molecule has 2 aromatic heterocycles. The zero-order valence-electron chi connectivity index (χ0n) is 17.3. The highest BCUT2D eigenvalue weighted by atomic mass is 35.5. The maximum atomic E-state index is 14.3. The average molecular weight is 439 g/mol. The molecule has 0 aliphatic carbocycles. The van der Waals surface area contributed by atoms with Gasteiger partial charge < -0.3 is 15.5 Å². The van der Waals surface area contributed by atoms with Gasteiger partial charge in [-0.25, -0.2) is 14.4 Å². The summed E-state index contributed by atoms with van der Waals surface area (Å²) in [7, 11) is 2.20. The van der Waals surface area contributed by atoms with Crippen molar-refractivity contribution in [2.24, 2.45) is 0 Å². The summed E-state index contributed by atoms with van der Waals surface area (Å²) in [5.41, 5.74) is 3.70. The molecular formula is C23H24ClFN6. The second-order valence-electron chi connectivity index (χ2n) is 8.03. The number of halogens is 2. The maximum absolute atomic E-state index is 14.3. The molecule has 1 fully saturated rings. The number of benzene rings is 2. The van der Waals surface area contributed by atoms with E-state index in [2.05, 4.69) is 33.6 Å². The molecule has 0 spiro atoms. The SMILES string of the molecule is CN1CCCC1CCNc1ccc2nc(Nc3c(F)cccc3Cl)c3cncn3c2c1. The molecule has 8 heteroatoms. The normalized spacial score (nSPS) is 16.9. The highest BCUT2D eigenvalue weighted by Crippen LogP contribution is 2.31. The molecule has 31 heavy (non-hydrogen) atoms. The van der Waals surface area contributed by atoms with Gasteiger partial charge in [0.25, 0.3) is 0 Å². The summed E-state index contributed by atoms with van der Waals surface area (Å²) in [6, 6.07) is 11.3. The predicted octanol–water partition coefficient (Wildman–Crippen LogP) is 5.31. The summed E-state index contributed by atoms with van der Waals surface area (Å²) in [6.45, 7) is 2.12. The van der Waals surface area contributed by atoms with E-state index in [0.717, 1.165) is 35.2 Å². The number of nitrogens with zero attached hydrogens (tertiary/aromatic N) is 4. The van der Waals surface area contributed by atoms with E-state index < -0.39 is 5.82 Å². The Balaban J connectivity index is 1.43. The Labute approximate surface area is 185 Å². The van der Waals surface area contributed by atoms with Crippen molar-refractivity contribution in [2.75, 3.05) is 30.8 Å². The molecule has 0 radical (unpaired) electrons. The highest BCUT2D eigenvalue weighted by molar-refractivity contribution is 6.33. The molecule has 1 saturated heterocycles. The van der Waals surface area contributed by atoms with Crippen molar-refractivity contribution in [3.05, 3.63) is 59.8 Å². The molecule has 3 heterocycles. The number of rotatable bonds is 6. The summed E-state index contributed by atoms with van der Waals surface area (Å²) >= 11 is 6.18. The lowest BCUT2D eigenvalue weighted by atomic mass is 10.1. The van der Waals surface area contributed by atoms with Crippen molar-refractivity contribution in [3.63, 3.8) is 0 Å². The van der Waals surface area contributed by atoms with Crippen LogP contribution in [0.3, 0.4) is 0 Å². The first kappa shape index (κ1) is 20.0. The summed E-state index contributed by atoms with van der Waals surface area (Å²) in [6.07, 6.45) is 7.14. The van der Waals surface area contributed by atoms with Gasteiger partial charge in [-0.3, -0.25) is 4.40 Å². The zero-order chi connectivity index (χ0) is 21.4. The number of imidazole rings is 1. The van der Waals surface area contributed by atoms with Gasteiger partial charge in [0.1, 0.15) is 11.3 Å². The van der Waals surface area contributed by atoms with Crippen molar-refractivity contribution in [2.45, 2.75) is 25.3 Å². The number of hydrogen-bond acceptors (Lipinski definition) is 5. The van der Waals surface area contributed by atoms with Crippen LogP contribution >= 0.6 is 11.6 Å². The van der Waals surface area contributed by atoms with Gasteiger partial charge in [0.15, 0.2) is 5.82 Å². The molecule has 1 unspecified atom stereocenters. The van der Waals surface area contributed by atoms with E-state index in [-0.39, 0.29) is 5.69 Å². The number of hydrogen-bond donors (Lipinski definition) is 2. The first-order valence-corrected chi connectivity index (χ1v) is 10.9. The quantitative estimate of drug-likeness (QED) is 0.427. The van der Waals surface area contributed by atoms with Crippen LogP contribution in [0.1, 0.15) is 19.3 Å². The van der Waals surface area contributed by atoms with E-state index >= 15 is 0 Å². The van der Waals surface area contributed by atoms with Gasteiger partial charge in [0.2, 0.25) is 0 Å². The number of likely N-dealkylation sites (tertiary alicyclic amines) is 1. The topological polar surface area (TPSA) is 57.5 Å². The van der Waals surface area contributed by atoms with Crippen LogP contribution in [-0.2, 0) is 0 Å². The number of para-hydroxylation sites is 1. The minimum atomic E-state index is -0.431. The van der Waals surface area contributed by atoms with E-state index in [0.29, 0.717) is 16.9 Å². The molecule has 1 aliphatic rings. The molecule has 6 nitrogen and oxygen atoms in total. The standard InChI is InChI=1S/C23H24ClFN6/c1-30-11-3-4-16(30)9-10-27-15-7-8-19-20(12-15)31-14-26-13-21(31)23(28-19)29-22-17(24)5-2-6-18(22)25/h2,5-8,12-14,16,27H,3-4,9-11H2,1H3,(H,28,29). The van der Waals surface area contributed by atoms with Crippen molar-refractivity contribution in [3.8, 4) is 0 Å². The van der Waals surface area contributed by atoms with Gasteiger partial charge in [-0.1, -0.05) is 17.7 Å². The number of nitrogens with one attached hydrogen (secondary N) is 2. The van der Waals surface area contributed by atoms with Crippen molar-refractivity contribution in [1.82, 2.24) is 19.3 Å². The molecule has 2 N–H and O–H groups in total. The van der Waals surface area contributed by atoms with Crippen LogP contribution in [0.5, 0.6) is 0 Å². The largest absolute Gasteiger partial charge is 0.385 e. The van der Waals surface area contributed by atoms with Crippen molar-refractivity contribution >= 4 is 45.3 Å². The third kappa shape index (κ3) is 3.91. The Morgan fingerprint density at radius 1 is 1.23 bits per heavy atom. The van der Waals surface area contributed by atoms with Gasteiger partial charge in [-0.15, -0.1) is 0 Å². The zero-order valence-corrected chi connectivity index (χ0v) is 18.0. The van der Waals surface area contributed by atoms with Gasteiger partial charge >= 0.3 is 0 Å². The second-order valence-corrected chi connectivity index (χ2v) is 8.43. The summed E-state index contributed by atoms with van der Waals surface area (Å²) < 4.78 is 16.2. The smallest absolute Gasteiger partial charge is 0.157 e. The Hall–Kier alpha value is -2.90. The van der Waals surface area contributed by atoms with Crippen LogP contribution < -0.4 is 10.6 Å². The summed E-state index contributed by atoms with van der Waals surface area (Å²) in [4.78, 5) is 11.4. The van der Waals surface area contributed by atoms with Crippen molar-refractivity contribution in [1.29, 1.82) is 0 Å². The van der Waals surface area contributed by atoms with Crippen LogP contribution in [0.2, 0.25) is 5.02 Å². The first-order chi connectivity index (χ1) is 15.1. The van der Waals surface area contributed by atoms with E-state index in [1.807, 2.05) is 16.5 Å². The lowest BCUT2D eigenvalue weighted by molar-refractivity contribution is 0.301. The van der Waals surface area contributed by atoms with E-state index in [9.17, 15) is 4.39 Å². The predicted molar refractivity (Wildman–Crippen MR) is 124 cm³/mol. The lowest BCUT2D eigenvalue weighted by Gasteiger charge is -2.19. The third-order valence-electron chi connectivity index (χ3n) is 6.03. The Morgan fingerprint density at radius 3 is 2.94 bits per heavy atom. The Morgan fingerprint density at radius 2 is 2.13 bits per heavy atom. The fourth-order valence-corrected chi connectivity index (χ4v) is 4.53. The van der Waals surface area contributed by atoms with Crippen LogP contribution in [0.15, 0.2) is 48.9 Å². The molecule has 0 bridgehead atoms. The van der Waals surface area contributed by atoms with Gasteiger partial charge in [-0.2, -0.15) is 0 Å². The average Bonchev–Trinajstić information content (AvgIpc) is 3.41. The minimum Gasteiger partial charge on any atom is -0.385 e. The maximum Gasteiger partial charge on any atom is 0.157 e. The number of aromatic nitrogens is 3. The monoisotopic (exact) mass is 438 g/mol. The molecule has 160 valence electrons. The number of anilines is 3. The van der Waals surface area contributed by atoms with Crippen molar-refractivity contribution < 1.29 is 4.39 Å². The molecular weight excluding hydrogens is 415 g/mol. The van der Waals surface area contributed by atoms with E-state index in [1.54, 1.807) is 24.7 Å². The van der Waals surface area contributed by atoms with E-state index in [1.165, 1.54) is 25.5 Å². The van der Waals surface area contributed by atoms with Gasteiger partial charge in [-0.05, 0) is 63.2 Å². The fraction of sp³-hybridized carbons (Fsp3) is 0.304. The van der Waals surface area contributed by atoms with Gasteiger partial charge in [0.05, 0.1) is 34.3 Å². The van der Waals surface area contributed by atoms with Crippen LogP contribution in [0, 0.1) is 5.82 Å². The minimum absolute atomic E-state index is 0.203. The van der Waals surface area contributed by atoms with Crippen LogP contribution in [-0.4, -0.2) is 45.4 Å². The molecule has 4 aromatic rings. The van der Waals surface area contributed by atoms with Crippen LogP contribution in [0.4, 0.5) is 21.6 Å². The van der Waals surface area contributed by atoms with Gasteiger partial charge in [0, 0.05) is 18.3 Å². The molecule has 5 rings (SSSR count). The molecule has 1 atom stereocenters. The first-order valence-electron chi connectivity index (χ1n) is 10.5. The third-order valence-corrected chi connectivity index (χ3v) is 6.35. The lowest BCUT2D eigenvalue weighted by Crippen LogP contribution is -2.26. The van der Waals surface area contributed by atoms with E-state index in [4.69, 9.17) is 16.6 Å². The molecule has 0 amide bonds. The fourth-order valence-electron chi connectivity index (χ4n) is 4.32. The number of fused-ring (bicyclic) bond motifs is 3. The molecule has 2 aromatic carbocycles. The van der Waals surface area contributed by atoms with Crippen LogP contribution in [0.25, 0.3) is 16.6 Å².